The maximum atomic E-state index is 13.4. The summed E-state index contributed by atoms with van der Waals surface area (Å²) in [7, 11) is -2.28. The summed E-state index contributed by atoms with van der Waals surface area (Å²) in [6, 6.07) is 20.4. The number of methoxy groups -OCH3 is 1. The molecular formula is C21H20FNO3S. The molecule has 140 valence electrons. The predicted octanol–water partition coefficient (Wildman–Crippen LogP) is 4.79. The number of benzene rings is 3. The molecule has 0 radical (unpaired) electrons. The van der Waals surface area contributed by atoms with Crippen LogP contribution in [0.4, 0.5) is 10.1 Å². The molecule has 0 N–H and O–H groups in total. The first-order valence-corrected chi connectivity index (χ1v) is 9.86. The van der Waals surface area contributed by atoms with E-state index in [2.05, 4.69) is 0 Å². The van der Waals surface area contributed by atoms with Crippen LogP contribution in [0.15, 0.2) is 83.8 Å². The Hall–Kier alpha value is -2.86. The average molecular weight is 385 g/mol. The zero-order valence-corrected chi connectivity index (χ0v) is 15.9. The molecule has 0 amide bonds. The molecule has 0 aromatic heterocycles. The summed E-state index contributed by atoms with van der Waals surface area (Å²) in [6.07, 6.45) is 0. The molecule has 3 aromatic carbocycles. The van der Waals surface area contributed by atoms with Gasteiger partial charge in [-0.1, -0.05) is 30.3 Å². The van der Waals surface area contributed by atoms with Crippen molar-refractivity contribution in [2.75, 3.05) is 11.4 Å². The summed E-state index contributed by atoms with van der Waals surface area (Å²) >= 11 is 0. The molecule has 1 unspecified atom stereocenters. The van der Waals surface area contributed by atoms with E-state index in [-0.39, 0.29) is 10.7 Å². The van der Waals surface area contributed by atoms with E-state index >= 15 is 0 Å². The van der Waals surface area contributed by atoms with Gasteiger partial charge in [-0.15, -0.1) is 0 Å². The lowest BCUT2D eigenvalue weighted by molar-refractivity contribution is 0.415. The smallest absolute Gasteiger partial charge is 0.264 e. The number of nitrogens with zero attached hydrogens (tertiary/aromatic N) is 1. The summed E-state index contributed by atoms with van der Waals surface area (Å²) in [5.41, 5.74) is 1.18. The number of anilines is 1. The van der Waals surface area contributed by atoms with Crippen molar-refractivity contribution in [3.8, 4) is 5.75 Å². The molecule has 0 fully saturated rings. The minimum absolute atomic E-state index is 0.190. The highest BCUT2D eigenvalue weighted by Gasteiger charge is 2.30. The number of ether oxygens (including phenoxy) is 1. The third kappa shape index (κ3) is 3.95. The predicted molar refractivity (Wildman–Crippen MR) is 104 cm³/mol. The number of rotatable bonds is 6. The van der Waals surface area contributed by atoms with Crippen LogP contribution in [0.1, 0.15) is 18.5 Å². The molecule has 0 saturated carbocycles. The van der Waals surface area contributed by atoms with Gasteiger partial charge in [0, 0.05) is 0 Å². The lowest BCUT2D eigenvalue weighted by Crippen LogP contribution is -2.33. The van der Waals surface area contributed by atoms with E-state index in [1.807, 2.05) is 0 Å². The minimum Gasteiger partial charge on any atom is -0.497 e. The quantitative estimate of drug-likeness (QED) is 0.613. The number of halogens is 1. The van der Waals surface area contributed by atoms with Crippen molar-refractivity contribution in [3.63, 3.8) is 0 Å². The van der Waals surface area contributed by atoms with Gasteiger partial charge in [0.25, 0.3) is 10.0 Å². The van der Waals surface area contributed by atoms with E-state index in [1.165, 1.54) is 16.4 Å². The van der Waals surface area contributed by atoms with E-state index in [0.717, 1.165) is 0 Å². The molecule has 6 heteroatoms. The van der Waals surface area contributed by atoms with Crippen molar-refractivity contribution in [2.24, 2.45) is 0 Å². The van der Waals surface area contributed by atoms with Gasteiger partial charge >= 0.3 is 0 Å². The number of hydrogen-bond donors (Lipinski definition) is 0. The SMILES string of the molecule is COc1ccc(N(C(C)c2ccc(F)cc2)S(=O)(=O)c2ccccc2)cc1. The normalized spacial score (nSPS) is 12.4. The molecule has 27 heavy (non-hydrogen) atoms. The summed E-state index contributed by atoms with van der Waals surface area (Å²) in [5, 5.41) is 0. The molecule has 3 rings (SSSR count). The molecule has 0 aliphatic rings. The molecule has 3 aromatic rings. The zero-order chi connectivity index (χ0) is 19.4. The number of hydrogen-bond acceptors (Lipinski definition) is 3. The van der Waals surface area contributed by atoms with Gasteiger partial charge < -0.3 is 4.74 Å². The van der Waals surface area contributed by atoms with Gasteiger partial charge in [0.2, 0.25) is 0 Å². The molecule has 0 bridgehead atoms. The Kier molecular flexibility index (Phi) is 5.46. The van der Waals surface area contributed by atoms with Crippen LogP contribution < -0.4 is 9.04 Å². The largest absolute Gasteiger partial charge is 0.497 e. The van der Waals surface area contributed by atoms with Gasteiger partial charge in [-0.05, 0) is 61.0 Å². The highest BCUT2D eigenvalue weighted by Crippen LogP contribution is 2.34. The van der Waals surface area contributed by atoms with Crippen molar-refractivity contribution >= 4 is 15.7 Å². The van der Waals surface area contributed by atoms with Crippen molar-refractivity contribution in [1.82, 2.24) is 0 Å². The van der Waals surface area contributed by atoms with Crippen LogP contribution >= 0.6 is 0 Å². The monoisotopic (exact) mass is 385 g/mol. The standard InChI is InChI=1S/C21H20FNO3S/c1-16(17-8-10-18(22)11-9-17)23(19-12-14-20(26-2)15-13-19)27(24,25)21-6-4-3-5-7-21/h3-16H,1-2H3. The lowest BCUT2D eigenvalue weighted by Gasteiger charge is -2.31. The first-order chi connectivity index (χ1) is 12.9. The van der Waals surface area contributed by atoms with Crippen molar-refractivity contribution in [2.45, 2.75) is 17.9 Å². The van der Waals surface area contributed by atoms with Crippen LogP contribution in [0.2, 0.25) is 0 Å². The molecule has 4 nitrogen and oxygen atoms in total. The zero-order valence-electron chi connectivity index (χ0n) is 15.0. The van der Waals surface area contributed by atoms with Crippen LogP contribution in [0.5, 0.6) is 5.75 Å². The Bertz CT molecular complexity index is 988. The maximum Gasteiger partial charge on any atom is 0.264 e. The lowest BCUT2D eigenvalue weighted by atomic mass is 10.1. The van der Waals surface area contributed by atoms with E-state index in [0.29, 0.717) is 17.0 Å². The fourth-order valence-corrected chi connectivity index (χ4v) is 4.55. The molecule has 0 heterocycles. The molecule has 0 aliphatic carbocycles. The molecule has 0 saturated heterocycles. The van der Waals surface area contributed by atoms with Gasteiger partial charge in [0.05, 0.1) is 23.7 Å². The topological polar surface area (TPSA) is 46.6 Å². The Balaban J connectivity index is 2.12. The fraction of sp³-hybridized carbons (Fsp3) is 0.143. The van der Waals surface area contributed by atoms with Gasteiger partial charge in [0.1, 0.15) is 11.6 Å². The second kappa shape index (κ2) is 7.80. The summed E-state index contributed by atoms with van der Waals surface area (Å²) in [6.45, 7) is 1.78. The van der Waals surface area contributed by atoms with Gasteiger partial charge in [-0.25, -0.2) is 12.8 Å². The Morgan fingerprint density at radius 2 is 1.48 bits per heavy atom. The minimum atomic E-state index is -3.83. The van der Waals surface area contributed by atoms with E-state index in [4.69, 9.17) is 4.74 Å². The fourth-order valence-electron chi connectivity index (χ4n) is 2.88. The molecular weight excluding hydrogens is 365 g/mol. The number of sulfonamides is 1. The molecule has 0 aliphatic heterocycles. The second-order valence-corrected chi connectivity index (χ2v) is 7.85. The highest BCUT2D eigenvalue weighted by atomic mass is 32.2. The highest BCUT2D eigenvalue weighted by molar-refractivity contribution is 7.92. The van der Waals surface area contributed by atoms with Crippen LogP contribution in [0.3, 0.4) is 0 Å². The summed E-state index contributed by atoms with van der Waals surface area (Å²) < 4.78 is 46.6. The van der Waals surface area contributed by atoms with Gasteiger partial charge in [-0.2, -0.15) is 0 Å². The van der Waals surface area contributed by atoms with Crippen molar-refractivity contribution in [1.29, 1.82) is 0 Å². The third-order valence-corrected chi connectivity index (χ3v) is 6.24. The first kappa shape index (κ1) is 18.9. The van der Waals surface area contributed by atoms with Crippen LogP contribution in [0, 0.1) is 5.82 Å². The van der Waals surface area contributed by atoms with Gasteiger partial charge in [-0.3, -0.25) is 4.31 Å². The Morgan fingerprint density at radius 1 is 0.889 bits per heavy atom. The van der Waals surface area contributed by atoms with Crippen LogP contribution in [-0.4, -0.2) is 15.5 Å². The van der Waals surface area contributed by atoms with Crippen LogP contribution in [0.25, 0.3) is 0 Å². The maximum absolute atomic E-state index is 13.4. The Labute approximate surface area is 158 Å². The first-order valence-electron chi connectivity index (χ1n) is 8.42. The second-order valence-electron chi connectivity index (χ2n) is 6.04. The third-order valence-electron chi connectivity index (χ3n) is 4.33. The van der Waals surface area contributed by atoms with E-state index < -0.39 is 16.1 Å². The van der Waals surface area contributed by atoms with Crippen molar-refractivity contribution in [3.05, 3.63) is 90.2 Å². The van der Waals surface area contributed by atoms with E-state index in [9.17, 15) is 12.8 Å². The Morgan fingerprint density at radius 3 is 2.04 bits per heavy atom. The molecule has 0 spiro atoms. The summed E-state index contributed by atoms with van der Waals surface area (Å²) in [5.74, 6) is 0.262. The molecule has 1 atom stereocenters. The van der Waals surface area contributed by atoms with Crippen LogP contribution in [-0.2, 0) is 10.0 Å². The summed E-state index contributed by atoms with van der Waals surface area (Å²) in [4.78, 5) is 0.190. The van der Waals surface area contributed by atoms with E-state index in [1.54, 1.807) is 80.8 Å². The van der Waals surface area contributed by atoms with Crippen molar-refractivity contribution < 1.29 is 17.5 Å². The van der Waals surface area contributed by atoms with Gasteiger partial charge in [0.15, 0.2) is 0 Å². The average Bonchev–Trinajstić information content (AvgIpc) is 2.69.